The van der Waals surface area contributed by atoms with Crippen LogP contribution in [-0.2, 0) is 0 Å². The number of hydrazine groups is 2. The number of nitrogens with one attached hydrogen (secondary N) is 2. The third kappa shape index (κ3) is 1.66. The van der Waals surface area contributed by atoms with E-state index < -0.39 is 0 Å². The highest BCUT2D eigenvalue weighted by molar-refractivity contribution is 5.65. The van der Waals surface area contributed by atoms with Crippen LogP contribution in [0.4, 0.5) is 11.4 Å². The van der Waals surface area contributed by atoms with Crippen LogP contribution >= 0.6 is 0 Å². The van der Waals surface area contributed by atoms with Crippen molar-refractivity contribution in [3.8, 4) is 0 Å². The van der Waals surface area contributed by atoms with Crippen LogP contribution in [0.5, 0.6) is 0 Å². The van der Waals surface area contributed by atoms with Gasteiger partial charge in [-0.3, -0.25) is 0 Å². The molecular weight excluding hydrogens is 152 g/mol. The standard InChI is InChI=1S/C8H14N4/c1-10-12(11-2)8-6-4-3-5-7(8)9/h3-6,10-11H,9H2,1-2H3. The van der Waals surface area contributed by atoms with E-state index in [4.69, 9.17) is 5.73 Å². The van der Waals surface area contributed by atoms with Gasteiger partial charge < -0.3 is 5.73 Å². The minimum atomic E-state index is 0.737. The summed E-state index contributed by atoms with van der Waals surface area (Å²) in [6.45, 7) is 0. The second-order valence-corrected chi connectivity index (χ2v) is 2.34. The molecule has 0 amide bonds. The average molecular weight is 166 g/mol. The van der Waals surface area contributed by atoms with E-state index in [0.717, 1.165) is 11.4 Å². The van der Waals surface area contributed by atoms with Crippen molar-refractivity contribution in [2.75, 3.05) is 24.9 Å². The summed E-state index contributed by atoms with van der Waals surface area (Å²) in [6, 6.07) is 7.63. The van der Waals surface area contributed by atoms with E-state index in [0.29, 0.717) is 0 Å². The molecule has 0 aliphatic carbocycles. The first-order valence-corrected chi connectivity index (χ1v) is 3.79. The minimum Gasteiger partial charge on any atom is -0.397 e. The van der Waals surface area contributed by atoms with Crippen LogP contribution in [0, 0.1) is 0 Å². The van der Waals surface area contributed by atoms with Crippen LogP contribution in [0.25, 0.3) is 0 Å². The molecule has 0 aliphatic heterocycles. The Labute approximate surface area is 72.3 Å². The molecular formula is C8H14N4. The molecule has 0 radical (unpaired) electrons. The summed E-state index contributed by atoms with van der Waals surface area (Å²) in [4.78, 5) is 0. The number of hydrogen-bond acceptors (Lipinski definition) is 4. The lowest BCUT2D eigenvalue weighted by Crippen LogP contribution is -2.44. The maximum atomic E-state index is 5.75. The molecule has 1 rings (SSSR count). The van der Waals surface area contributed by atoms with Crippen molar-refractivity contribution >= 4 is 11.4 Å². The summed E-state index contributed by atoms with van der Waals surface area (Å²) in [6.07, 6.45) is 0. The van der Waals surface area contributed by atoms with Crippen LogP contribution in [0.2, 0.25) is 0 Å². The summed E-state index contributed by atoms with van der Waals surface area (Å²) in [5, 5.41) is 1.75. The highest BCUT2D eigenvalue weighted by Crippen LogP contribution is 2.18. The molecule has 4 N–H and O–H groups in total. The van der Waals surface area contributed by atoms with Gasteiger partial charge in [-0.1, -0.05) is 12.1 Å². The topological polar surface area (TPSA) is 53.3 Å². The van der Waals surface area contributed by atoms with Crippen molar-refractivity contribution in [3.63, 3.8) is 0 Å². The fourth-order valence-corrected chi connectivity index (χ4v) is 1.04. The normalized spacial score (nSPS) is 9.83. The Balaban J connectivity index is 2.92. The predicted molar refractivity (Wildman–Crippen MR) is 51.5 cm³/mol. The molecule has 0 heterocycles. The second-order valence-electron chi connectivity index (χ2n) is 2.34. The van der Waals surface area contributed by atoms with Gasteiger partial charge in [-0.2, -0.15) is 0 Å². The Bertz CT molecular complexity index is 245. The van der Waals surface area contributed by atoms with E-state index in [1.165, 1.54) is 0 Å². The lowest BCUT2D eigenvalue weighted by Gasteiger charge is -2.22. The van der Waals surface area contributed by atoms with Gasteiger partial charge in [0.25, 0.3) is 0 Å². The van der Waals surface area contributed by atoms with Crippen molar-refractivity contribution in [1.29, 1.82) is 0 Å². The molecule has 0 fully saturated rings. The number of para-hydroxylation sites is 2. The first-order valence-electron chi connectivity index (χ1n) is 3.79. The van der Waals surface area contributed by atoms with E-state index in [2.05, 4.69) is 10.9 Å². The van der Waals surface area contributed by atoms with Crippen molar-refractivity contribution in [3.05, 3.63) is 24.3 Å². The largest absolute Gasteiger partial charge is 0.397 e. The lowest BCUT2D eigenvalue weighted by molar-refractivity contribution is 0.625. The number of rotatable bonds is 3. The summed E-state index contributed by atoms with van der Waals surface area (Å²) >= 11 is 0. The Hall–Kier alpha value is -1.26. The quantitative estimate of drug-likeness (QED) is 0.448. The molecule has 66 valence electrons. The molecule has 0 spiro atoms. The van der Waals surface area contributed by atoms with Crippen LogP contribution in [-0.4, -0.2) is 14.1 Å². The maximum Gasteiger partial charge on any atom is 0.0930 e. The summed E-state index contributed by atoms with van der Waals surface area (Å²) < 4.78 is 0. The van der Waals surface area contributed by atoms with E-state index in [1.807, 2.05) is 38.4 Å². The van der Waals surface area contributed by atoms with Gasteiger partial charge in [-0.05, 0) is 12.1 Å². The van der Waals surface area contributed by atoms with E-state index >= 15 is 0 Å². The van der Waals surface area contributed by atoms with Crippen molar-refractivity contribution in [2.45, 2.75) is 0 Å². The van der Waals surface area contributed by atoms with Crippen LogP contribution in [0.1, 0.15) is 0 Å². The highest BCUT2D eigenvalue weighted by atomic mass is 15.7. The molecule has 0 aliphatic rings. The van der Waals surface area contributed by atoms with Gasteiger partial charge in [0.1, 0.15) is 0 Å². The van der Waals surface area contributed by atoms with Crippen LogP contribution < -0.4 is 21.7 Å². The van der Waals surface area contributed by atoms with Crippen molar-refractivity contribution < 1.29 is 0 Å². The number of hydrogen-bond donors (Lipinski definition) is 3. The third-order valence-electron chi connectivity index (χ3n) is 1.62. The van der Waals surface area contributed by atoms with Crippen LogP contribution in [0.15, 0.2) is 24.3 Å². The lowest BCUT2D eigenvalue weighted by atomic mass is 10.3. The van der Waals surface area contributed by atoms with Gasteiger partial charge in [-0.15, -0.1) is 0 Å². The number of nitrogens with zero attached hydrogens (tertiary/aromatic N) is 1. The molecule has 0 saturated carbocycles. The molecule has 1 aromatic carbocycles. The second kappa shape index (κ2) is 3.94. The van der Waals surface area contributed by atoms with E-state index in [1.54, 1.807) is 5.12 Å². The zero-order valence-corrected chi connectivity index (χ0v) is 7.33. The Morgan fingerprint density at radius 2 is 1.75 bits per heavy atom. The monoisotopic (exact) mass is 166 g/mol. The molecule has 12 heavy (non-hydrogen) atoms. The molecule has 1 aromatic rings. The number of anilines is 2. The smallest absolute Gasteiger partial charge is 0.0930 e. The Morgan fingerprint density at radius 3 is 2.25 bits per heavy atom. The van der Waals surface area contributed by atoms with Gasteiger partial charge in [0.05, 0.1) is 11.4 Å². The summed E-state index contributed by atoms with van der Waals surface area (Å²) in [5.41, 5.74) is 13.3. The molecule has 4 nitrogen and oxygen atoms in total. The summed E-state index contributed by atoms with van der Waals surface area (Å²) in [5.74, 6) is 0. The molecule has 0 saturated heterocycles. The Morgan fingerprint density at radius 1 is 1.17 bits per heavy atom. The first kappa shape index (κ1) is 8.83. The molecule has 0 bridgehead atoms. The molecule has 0 atom stereocenters. The predicted octanol–water partition coefficient (Wildman–Crippen LogP) is 0.344. The fourth-order valence-electron chi connectivity index (χ4n) is 1.04. The van der Waals surface area contributed by atoms with E-state index in [-0.39, 0.29) is 0 Å². The van der Waals surface area contributed by atoms with E-state index in [9.17, 15) is 0 Å². The Kier molecular flexibility index (Phi) is 2.90. The average Bonchev–Trinajstić information content (AvgIpc) is 2.10. The van der Waals surface area contributed by atoms with Crippen molar-refractivity contribution in [1.82, 2.24) is 10.9 Å². The number of nitrogens with two attached hydrogens (primary N) is 1. The van der Waals surface area contributed by atoms with Crippen LogP contribution in [0.3, 0.4) is 0 Å². The van der Waals surface area contributed by atoms with Gasteiger partial charge >= 0.3 is 0 Å². The fraction of sp³-hybridized carbons (Fsp3) is 0.250. The molecule has 0 aromatic heterocycles. The van der Waals surface area contributed by atoms with Gasteiger partial charge in [0, 0.05) is 14.1 Å². The zero-order chi connectivity index (χ0) is 8.97. The SMILES string of the molecule is CNN(NC)c1ccccc1N. The molecule has 0 unspecified atom stereocenters. The first-order chi connectivity index (χ1) is 5.79. The number of nitrogen functional groups attached to an aromatic ring is 1. The van der Waals surface area contributed by atoms with Gasteiger partial charge in [0.15, 0.2) is 0 Å². The maximum absolute atomic E-state index is 5.75. The molecule has 4 heteroatoms. The van der Waals surface area contributed by atoms with Gasteiger partial charge in [0.2, 0.25) is 0 Å². The summed E-state index contributed by atoms with van der Waals surface area (Å²) in [7, 11) is 3.64. The number of benzene rings is 1. The minimum absolute atomic E-state index is 0.737. The zero-order valence-electron chi connectivity index (χ0n) is 7.33. The van der Waals surface area contributed by atoms with Crippen molar-refractivity contribution in [2.24, 2.45) is 0 Å². The van der Waals surface area contributed by atoms with Gasteiger partial charge in [-0.25, -0.2) is 16.0 Å². The third-order valence-corrected chi connectivity index (χ3v) is 1.62. The highest BCUT2D eigenvalue weighted by Gasteiger charge is 2.03.